The third-order valence-corrected chi connectivity index (χ3v) is 5.76. The number of nitriles is 1. The molecule has 0 aliphatic carbocycles. The zero-order valence-electron chi connectivity index (χ0n) is 17.1. The van der Waals surface area contributed by atoms with Crippen LogP contribution in [0.3, 0.4) is 0 Å². The van der Waals surface area contributed by atoms with Gasteiger partial charge in [-0.15, -0.1) is 0 Å². The van der Waals surface area contributed by atoms with E-state index in [9.17, 15) is 5.26 Å². The Labute approximate surface area is 196 Å². The van der Waals surface area contributed by atoms with Crippen LogP contribution in [0.15, 0.2) is 84.0 Å². The molecule has 0 radical (unpaired) electrons. The molecule has 1 N–H and O–H groups in total. The van der Waals surface area contributed by atoms with E-state index >= 15 is 0 Å². The molecule has 158 valence electrons. The number of nitrogens with zero attached hydrogens (tertiary/aromatic N) is 2. The Hall–Kier alpha value is -3.52. The zero-order valence-corrected chi connectivity index (χ0v) is 18.6. The smallest absolute Gasteiger partial charge is 0.129 e. The maximum absolute atomic E-state index is 9.33. The molecule has 6 heteroatoms. The van der Waals surface area contributed by atoms with Crippen molar-refractivity contribution in [3.05, 3.63) is 111 Å². The second-order valence-electron chi connectivity index (χ2n) is 7.05. The standard InChI is InChI=1S/C26H19Cl2N3O/c27-24-10-5-11-25(28)23(24)16-31-30-15-22-21-9-4-3-6-18(21)12-13-26(22)32-17-20-8-2-1-7-19(20)14-29/h1-13,15,31H,16-17H2/b30-15-. The highest BCUT2D eigenvalue weighted by molar-refractivity contribution is 6.35. The average Bonchev–Trinajstić information content (AvgIpc) is 2.82. The quantitative estimate of drug-likeness (QED) is 0.246. The summed E-state index contributed by atoms with van der Waals surface area (Å²) in [6, 6.07) is 27.0. The van der Waals surface area contributed by atoms with Gasteiger partial charge in [-0.1, -0.05) is 77.8 Å². The molecule has 0 heterocycles. The van der Waals surface area contributed by atoms with Gasteiger partial charge in [-0.2, -0.15) is 10.4 Å². The van der Waals surface area contributed by atoms with Crippen LogP contribution in [0.25, 0.3) is 10.8 Å². The number of hydrogen-bond donors (Lipinski definition) is 1. The highest BCUT2D eigenvalue weighted by Crippen LogP contribution is 2.28. The van der Waals surface area contributed by atoms with Crippen molar-refractivity contribution in [1.29, 1.82) is 5.26 Å². The van der Waals surface area contributed by atoms with E-state index in [2.05, 4.69) is 16.6 Å². The van der Waals surface area contributed by atoms with Crippen LogP contribution in [-0.2, 0) is 13.2 Å². The predicted octanol–water partition coefficient (Wildman–Crippen LogP) is 6.72. The molecule has 0 saturated carbocycles. The molecule has 0 atom stereocenters. The van der Waals surface area contributed by atoms with Crippen LogP contribution in [0.4, 0.5) is 0 Å². The molecule has 0 aromatic heterocycles. The normalized spacial score (nSPS) is 10.9. The van der Waals surface area contributed by atoms with Crippen molar-refractivity contribution in [2.24, 2.45) is 5.10 Å². The summed E-state index contributed by atoms with van der Waals surface area (Å²) >= 11 is 12.5. The summed E-state index contributed by atoms with van der Waals surface area (Å²) in [5.74, 6) is 0.678. The van der Waals surface area contributed by atoms with Crippen molar-refractivity contribution < 1.29 is 4.74 Å². The van der Waals surface area contributed by atoms with Gasteiger partial charge in [-0.3, -0.25) is 0 Å². The van der Waals surface area contributed by atoms with Gasteiger partial charge in [0.25, 0.3) is 0 Å². The first-order chi connectivity index (χ1) is 15.7. The second kappa shape index (κ2) is 10.2. The van der Waals surface area contributed by atoms with Crippen molar-refractivity contribution in [2.45, 2.75) is 13.2 Å². The SMILES string of the molecule is N#Cc1ccccc1COc1ccc2ccccc2c1/C=N\NCc1c(Cl)cccc1Cl. The summed E-state index contributed by atoms with van der Waals surface area (Å²) in [5, 5.41) is 17.0. The minimum absolute atomic E-state index is 0.283. The van der Waals surface area contributed by atoms with Crippen LogP contribution < -0.4 is 10.2 Å². The number of hydrazone groups is 1. The summed E-state index contributed by atoms with van der Waals surface area (Å²) in [4.78, 5) is 0. The molecule has 0 saturated heterocycles. The summed E-state index contributed by atoms with van der Waals surface area (Å²) < 4.78 is 6.12. The lowest BCUT2D eigenvalue weighted by Crippen LogP contribution is -2.07. The Morgan fingerprint density at radius 1 is 0.906 bits per heavy atom. The van der Waals surface area contributed by atoms with Crippen LogP contribution in [0.1, 0.15) is 22.3 Å². The number of fused-ring (bicyclic) bond motifs is 1. The zero-order chi connectivity index (χ0) is 22.3. The van der Waals surface area contributed by atoms with Crippen LogP contribution in [-0.4, -0.2) is 6.21 Å². The van der Waals surface area contributed by atoms with E-state index in [1.54, 1.807) is 24.4 Å². The van der Waals surface area contributed by atoms with Gasteiger partial charge in [0.05, 0.1) is 24.4 Å². The molecule has 0 aliphatic rings. The van der Waals surface area contributed by atoms with Crippen molar-refractivity contribution in [3.63, 3.8) is 0 Å². The molecule has 4 rings (SSSR count). The minimum atomic E-state index is 0.283. The molecule has 0 aliphatic heterocycles. The minimum Gasteiger partial charge on any atom is -0.488 e. The largest absolute Gasteiger partial charge is 0.488 e. The van der Waals surface area contributed by atoms with Gasteiger partial charge in [0, 0.05) is 26.7 Å². The summed E-state index contributed by atoms with van der Waals surface area (Å²) in [6.07, 6.45) is 1.73. The average molecular weight is 460 g/mol. The third-order valence-electron chi connectivity index (χ3n) is 5.05. The van der Waals surface area contributed by atoms with Gasteiger partial charge < -0.3 is 10.2 Å². The molecule has 0 unspecified atom stereocenters. The fourth-order valence-electron chi connectivity index (χ4n) is 3.38. The van der Waals surface area contributed by atoms with Crippen LogP contribution in [0.2, 0.25) is 10.0 Å². The first kappa shape index (κ1) is 21.7. The van der Waals surface area contributed by atoms with Gasteiger partial charge in [0.1, 0.15) is 12.4 Å². The third kappa shape index (κ3) is 4.86. The van der Waals surface area contributed by atoms with E-state index in [1.165, 1.54) is 0 Å². The van der Waals surface area contributed by atoms with Gasteiger partial charge in [-0.05, 0) is 35.0 Å². The summed E-state index contributed by atoms with van der Waals surface area (Å²) in [6.45, 7) is 0.678. The Balaban J connectivity index is 1.59. The van der Waals surface area contributed by atoms with Gasteiger partial charge in [0.15, 0.2) is 0 Å². The molecule has 0 spiro atoms. The van der Waals surface area contributed by atoms with Crippen molar-refractivity contribution in [1.82, 2.24) is 5.43 Å². The number of nitrogens with one attached hydrogen (secondary N) is 1. The lowest BCUT2D eigenvalue weighted by Gasteiger charge is -2.13. The van der Waals surface area contributed by atoms with E-state index < -0.39 is 0 Å². The van der Waals surface area contributed by atoms with E-state index in [1.807, 2.05) is 60.7 Å². The predicted molar refractivity (Wildman–Crippen MR) is 130 cm³/mol. The van der Waals surface area contributed by atoms with Crippen LogP contribution in [0.5, 0.6) is 5.75 Å². The molecule has 4 aromatic rings. The van der Waals surface area contributed by atoms with E-state index in [0.29, 0.717) is 27.9 Å². The van der Waals surface area contributed by atoms with Gasteiger partial charge in [-0.25, -0.2) is 0 Å². The topological polar surface area (TPSA) is 57.4 Å². The Kier molecular flexibility index (Phi) is 6.91. The van der Waals surface area contributed by atoms with E-state index in [-0.39, 0.29) is 6.61 Å². The van der Waals surface area contributed by atoms with Gasteiger partial charge in [0.2, 0.25) is 0 Å². The molecule has 0 fully saturated rings. The Morgan fingerprint density at radius 2 is 1.66 bits per heavy atom. The molecular formula is C26H19Cl2N3O. The Bertz CT molecular complexity index is 1310. The first-order valence-corrected chi connectivity index (χ1v) is 10.7. The summed E-state index contributed by atoms with van der Waals surface area (Å²) in [5.41, 5.74) is 6.08. The van der Waals surface area contributed by atoms with Crippen LogP contribution >= 0.6 is 23.2 Å². The van der Waals surface area contributed by atoms with Crippen LogP contribution in [0, 0.1) is 11.3 Å². The molecule has 32 heavy (non-hydrogen) atoms. The number of hydrogen-bond acceptors (Lipinski definition) is 4. The molecule has 4 nitrogen and oxygen atoms in total. The maximum atomic E-state index is 9.33. The van der Waals surface area contributed by atoms with Crippen molar-refractivity contribution in [3.8, 4) is 11.8 Å². The Morgan fingerprint density at radius 3 is 2.47 bits per heavy atom. The lowest BCUT2D eigenvalue weighted by molar-refractivity contribution is 0.306. The molecule has 0 amide bonds. The lowest BCUT2D eigenvalue weighted by atomic mass is 10.0. The van der Waals surface area contributed by atoms with E-state index in [0.717, 1.165) is 27.5 Å². The summed E-state index contributed by atoms with van der Waals surface area (Å²) in [7, 11) is 0. The van der Waals surface area contributed by atoms with Gasteiger partial charge >= 0.3 is 0 Å². The molecule has 4 aromatic carbocycles. The monoisotopic (exact) mass is 459 g/mol. The maximum Gasteiger partial charge on any atom is 0.129 e. The van der Waals surface area contributed by atoms with Crippen molar-refractivity contribution >= 4 is 40.2 Å². The highest BCUT2D eigenvalue weighted by Gasteiger charge is 2.09. The van der Waals surface area contributed by atoms with E-state index in [4.69, 9.17) is 27.9 Å². The number of halogens is 2. The number of rotatable bonds is 7. The highest BCUT2D eigenvalue weighted by atomic mass is 35.5. The number of benzene rings is 4. The first-order valence-electron chi connectivity index (χ1n) is 9.98. The molecular weight excluding hydrogens is 441 g/mol. The number of ether oxygens (including phenoxy) is 1. The van der Waals surface area contributed by atoms with Crippen molar-refractivity contribution in [2.75, 3.05) is 0 Å². The second-order valence-corrected chi connectivity index (χ2v) is 7.86. The molecule has 0 bridgehead atoms. The fraction of sp³-hybridized carbons (Fsp3) is 0.0769. The fourth-order valence-corrected chi connectivity index (χ4v) is 3.91.